The van der Waals surface area contributed by atoms with E-state index in [1.54, 1.807) is 0 Å². The van der Waals surface area contributed by atoms with Gasteiger partial charge in [-0.25, -0.2) is 0 Å². The molecule has 0 spiro atoms. The van der Waals surface area contributed by atoms with Gasteiger partial charge in [-0.1, -0.05) is 6.92 Å². The van der Waals surface area contributed by atoms with Crippen LogP contribution in [0.2, 0.25) is 0 Å². The van der Waals surface area contributed by atoms with Crippen LogP contribution in [0.4, 0.5) is 0 Å². The van der Waals surface area contributed by atoms with Crippen molar-refractivity contribution >= 4 is 0 Å². The molecule has 1 heterocycles. The molecule has 0 bridgehead atoms. The number of aryl methyl sites for hydroxylation is 2. The van der Waals surface area contributed by atoms with Gasteiger partial charge < -0.3 is 5.73 Å². The lowest BCUT2D eigenvalue weighted by Crippen LogP contribution is -2.10. The molecule has 0 amide bonds. The van der Waals surface area contributed by atoms with Gasteiger partial charge in [-0.3, -0.25) is 4.68 Å². The van der Waals surface area contributed by atoms with Crippen LogP contribution in [0.3, 0.4) is 0 Å². The molecule has 1 aromatic rings. The zero-order valence-electron chi connectivity index (χ0n) is 8.26. The second-order valence-electron chi connectivity index (χ2n) is 3.22. The summed E-state index contributed by atoms with van der Waals surface area (Å²) in [6.07, 6.45) is 0.966. The Morgan fingerprint density at radius 1 is 1.50 bits per heavy atom. The summed E-state index contributed by atoms with van der Waals surface area (Å²) in [4.78, 5) is 0. The van der Waals surface area contributed by atoms with E-state index < -0.39 is 0 Å². The highest BCUT2D eigenvalue weighted by atomic mass is 15.3. The minimum absolute atomic E-state index is 0.138. The van der Waals surface area contributed by atoms with Gasteiger partial charge >= 0.3 is 0 Å². The van der Waals surface area contributed by atoms with E-state index in [-0.39, 0.29) is 6.04 Å². The summed E-state index contributed by atoms with van der Waals surface area (Å²) in [7, 11) is 1.95. The fourth-order valence-electron chi connectivity index (χ4n) is 1.53. The van der Waals surface area contributed by atoms with Crippen LogP contribution in [0, 0.1) is 13.8 Å². The summed E-state index contributed by atoms with van der Waals surface area (Å²) in [6.45, 7) is 6.17. The monoisotopic (exact) mass is 167 g/mol. The molecule has 0 saturated carbocycles. The molecule has 0 saturated heterocycles. The van der Waals surface area contributed by atoms with Crippen molar-refractivity contribution in [1.29, 1.82) is 0 Å². The Hall–Kier alpha value is -0.830. The van der Waals surface area contributed by atoms with Crippen LogP contribution in [-0.4, -0.2) is 9.78 Å². The van der Waals surface area contributed by atoms with Gasteiger partial charge in [-0.2, -0.15) is 5.10 Å². The van der Waals surface area contributed by atoms with E-state index in [0.29, 0.717) is 0 Å². The summed E-state index contributed by atoms with van der Waals surface area (Å²) in [5.74, 6) is 0. The predicted octanol–water partition coefficient (Wildman–Crippen LogP) is 1.45. The maximum absolute atomic E-state index is 5.96. The number of hydrogen-bond donors (Lipinski definition) is 1. The molecule has 2 N–H and O–H groups in total. The summed E-state index contributed by atoms with van der Waals surface area (Å²) < 4.78 is 1.89. The van der Waals surface area contributed by atoms with Crippen LogP contribution < -0.4 is 5.73 Å². The molecular formula is C9H17N3. The number of aromatic nitrogens is 2. The van der Waals surface area contributed by atoms with Crippen molar-refractivity contribution in [3.63, 3.8) is 0 Å². The van der Waals surface area contributed by atoms with Crippen molar-refractivity contribution in [3.8, 4) is 0 Å². The average Bonchev–Trinajstić information content (AvgIpc) is 2.26. The van der Waals surface area contributed by atoms with Gasteiger partial charge in [0.2, 0.25) is 0 Å². The van der Waals surface area contributed by atoms with E-state index in [2.05, 4.69) is 18.9 Å². The molecule has 0 fully saturated rings. The minimum atomic E-state index is 0.138. The molecule has 1 aromatic heterocycles. The Morgan fingerprint density at radius 3 is 2.42 bits per heavy atom. The van der Waals surface area contributed by atoms with E-state index in [9.17, 15) is 0 Å². The number of hydrogen-bond acceptors (Lipinski definition) is 2. The Morgan fingerprint density at radius 2 is 2.08 bits per heavy atom. The maximum Gasteiger partial charge on any atom is 0.0644 e. The zero-order chi connectivity index (χ0) is 9.30. The highest BCUT2D eigenvalue weighted by molar-refractivity contribution is 5.27. The molecule has 1 rings (SSSR count). The largest absolute Gasteiger partial charge is 0.324 e. The summed E-state index contributed by atoms with van der Waals surface area (Å²) in [5, 5.41) is 4.32. The first kappa shape index (κ1) is 9.26. The highest BCUT2D eigenvalue weighted by Gasteiger charge is 2.14. The van der Waals surface area contributed by atoms with Crippen molar-refractivity contribution in [1.82, 2.24) is 9.78 Å². The molecule has 0 aliphatic heterocycles. The fourth-order valence-corrected chi connectivity index (χ4v) is 1.53. The third-order valence-corrected chi connectivity index (χ3v) is 2.38. The van der Waals surface area contributed by atoms with Crippen LogP contribution in [-0.2, 0) is 7.05 Å². The SMILES string of the molecule is CC[C@H](N)c1c(C)nn(C)c1C. The van der Waals surface area contributed by atoms with Gasteiger partial charge in [-0.15, -0.1) is 0 Å². The van der Waals surface area contributed by atoms with E-state index in [4.69, 9.17) is 5.73 Å². The van der Waals surface area contributed by atoms with Crippen molar-refractivity contribution < 1.29 is 0 Å². The first-order valence-electron chi connectivity index (χ1n) is 4.33. The number of rotatable bonds is 2. The minimum Gasteiger partial charge on any atom is -0.324 e. The van der Waals surface area contributed by atoms with Gasteiger partial charge in [0, 0.05) is 24.3 Å². The van der Waals surface area contributed by atoms with Gasteiger partial charge in [0.15, 0.2) is 0 Å². The van der Waals surface area contributed by atoms with Crippen LogP contribution in [0.15, 0.2) is 0 Å². The average molecular weight is 167 g/mol. The second-order valence-corrected chi connectivity index (χ2v) is 3.22. The lowest BCUT2D eigenvalue weighted by Gasteiger charge is -2.08. The molecule has 0 aliphatic carbocycles. The highest BCUT2D eigenvalue weighted by Crippen LogP contribution is 2.20. The Bertz CT molecular complexity index is 276. The Kier molecular flexibility index (Phi) is 2.52. The van der Waals surface area contributed by atoms with E-state index in [0.717, 1.165) is 12.1 Å². The third kappa shape index (κ3) is 1.37. The van der Waals surface area contributed by atoms with Crippen molar-refractivity contribution in [2.24, 2.45) is 12.8 Å². The standard InChI is InChI=1S/C9H17N3/c1-5-8(10)9-6(2)11-12(4)7(9)3/h8H,5,10H2,1-4H3/t8-/m0/s1. The molecule has 68 valence electrons. The molecule has 0 aromatic carbocycles. The molecule has 3 nitrogen and oxygen atoms in total. The van der Waals surface area contributed by atoms with Crippen LogP contribution >= 0.6 is 0 Å². The van der Waals surface area contributed by atoms with E-state index in [1.165, 1.54) is 11.3 Å². The normalized spacial score (nSPS) is 13.4. The van der Waals surface area contributed by atoms with Crippen molar-refractivity contribution in [3.05, 3.63) is 17.0 Å². The molecule has 12 heavy (non-hydrogen) atoms. The number of nitrogens with two attached hydrogens (primary N) is 1. The third-order valence-electron chi connectivity index (χ3n) is 2.38. The van der Waals surface area contributed by atoms with Crippen LogP contribution in [0.5, 0.6) is 0 Å². The quantitative estimate of drug-likeness (QED) is 0.724. The predicted molar refractivity (Wildman–Crippen MR) is 49.9 cm³/mol. The molecule has 0 radical (unpaired) electrons. The lowest BCUT2D eigenvalue weighted by atomic mass is 10.0. The summed E-state index contributed by atoms with van der Waals surface area (Å²) >= 11 is 0. The molecule has 0 unspecified atom stereocenters. The molecule has 0 aliphatic rings. The van der Waals surface area contributed by atoms with E-state index in [1.807, 2.05) is 18.7 Å². The number of nitrogens with zero attached hydrogens (tertiary/aromatic N) is 2. The maximum atomic E-state index is 5.96. The van der Waals surface area contributed by atoms with Gasteiger partial charge in [0.05, 0.1) is 5.69 Å². The summed E-state index contributed by atoms with van der Waals surface area (Å²) in [6, 6.07) is 0.138. The second kappa shape index (κ2) is 3.27. The Balaban J connectivity index is 3.13. The Labute approximate surface area is 73.6 Å². The van der Waals surface area contributed by atoms with Crippen molar-refractivity contribution in [2.45, 2.75) is 33.2 Å². The first-order valence-corrected chi connectivity index (χ1v) is 4.33. The summed E-state index contributed by atoms with van der Waals surface area (Å²) in [5.41, 5.74) is 9.41. The lowest BCUT2D eigenvalue weighted by molar-refractivity contribution is 0.683. The van der Waals surface area contributed by atoms with E-state index >= 15 is 0 Å². The fraction of sp³-hybridized carbons (Fsp3) is 0.667. The zero-order valence-corrected chi connectivity index (χ0v) is 8.26. The van der Waals surface area contributed by atoms with Gasteiger partial charge in [0.1, 0.15) is 0 Å². The molecular weight excluding hydrogens is 150 g/mol. The first-order chi connectivity index (χ1) is 5.57. The van der Waals surface area contributed by atoms with Gasteiger partial charge in [0.25, 0.3) is 0 Å². The molecule has 1 atom stereocenters. The van der Waals surface area contributed by atoms with Crippen LogP contribution in [0.1, 0.15) is 36.3 Å². The van der Waals surface area contributed by atoms with Crippen molar-refractivity contribution in [2.75, 3.05) is 0 Å². The van der Waals surface area contributed by atoms with Gasteiger partial charge in [-0.05, 0) is 20.3 Å². The topological polar surface area (TPSA) is 43.8 Å². The smallest absolute Gasteiger partial charge is 0.0644 e. The molecule has 3 heteroatoms. The van der Waals surface area contributed by atoms with Crippen LogP contribution in [0.25, 0.3) is 0 Å².